The molecule has 0 aromatic heterocycles. The number of halogens is 2. The van der Waals surface area contributed by atoms with Gasteiger partial charge in [-0.25, -0.2) is 0 Å². The zero-order valence-corrected chi connectivity index (χ0v) is 13.1. The first kappa shape index (κ1) is 16.1. The van der Waals surface area contributed by atoms with Crippen molar-refractivity contribution in [2.75, 3.05) is 11.9 Å². The fourth-order valence-corrected chi connectivity index (χ4v) is 2.82. The molecule has 4 nitrogen and oxygen atoms in total. The van der Waals surface area contributed by atoms with Crippen LogP contribution in [0.25, 0.3) is 0 Å². The van der Waals surface area contributed by atoms with Crippen LogP contribution in [0, 0.1) is 5.92 Å². The quantitative estimate of drug-likeness (QED) is 0.886. The minimum absolute atomic E-state index is 0.0398. The Morgan fingerprint density at radius 3 is 2.57 bits per heavy atom. The van der Waals surface area contributed by atoms with Gasteiger partial charge in [0.05, 0.1) is 22.3 Å². The molecule has 1 aromatic carbocycles. The van der Waals surface area contributed by atoms with E-state index in [-0.39, 0.29) is 24.3 Å². The predicted molar refractivity (Wildman–Crippen MR) is 84.7 cm³/mol. The van der Waals surface area contributed by atoms with Crippen molar-refractivity contribution in [2.45, 2.75) is 32.1 Å². The van der Waals surface area contributed by atoms with E-state index in [0.29, 0.717) is 15.7 Å². The van der Waals surface area contributed by atoms with Crippen LogP contribution in [0.2, 0.25) is 10.0 Å². The lowest BCUT2D eigenvalue weighted by Gasteiger charge is -2.20. The lowest BCUT2D eigenvalue weighted by atomic mass is 9.89. The number of carbonyl (C=O) groups excluding carboxylic acids is 2. The molecule has 21 heavy (non-hydrogen) atoms. The Morgan fingerprint density at radius 2 is 1.86 bits per heavy atom. The third-order valence-corrected chi connectivity index (χ3v) is 4.44. The molecular weight excluding hydrogens is 311 g/mol. The third kappa shape index (κ3) is 4.61. The van der Waals surface area contributed by atoms with Crippen LogP contribution >= 0.6 is 23.2 Å². The van der Waals surface area contributed by atoms with Crippen LogP contribution in [-0.4, -0.2) is 18.4 Å². The average Bonchev–Trinajstić information content (AvgIpc) is 2.50. The summed E-state index contributed by atoms with van der Waals surface area (Å²) in [5, 5.41) is 5.99. The largest absolute Gasteiger partial charge is 0.347 e. The van der Waals surface area contributed by atoms with Crippen LogP contribution in [0.1, 0.15) is 32.1 Å². The number of hydrogen-bond acceptors (Lipinski definition) is 2. The van der Waals surface area contributed by atoms with E-state index in [1.54, 1.807) is 18.2 Å². The second-order valence-electron chi connectivity index (χ2n) is 5.20. The van der Waals surface area contributed by atoms with Gasteiger partial charge >= 0.3 is 0 Å². The Labute approximate surface area is 134 Å². The van der Waals surface area contributed by atoms with Crippen LogP contribution in [-0.2, 0) is 9.59 Å². The number of carbonyl (C=O) groups is 2. The first-order valence-corrected chi connectivity index (χ1v) is 7.85. The van der Waals surface area contributed by atoms with Crippen molar-refractivity contribution < 1.29 is 9.59 Å². The Balaban J connectivity index is 1.81. The van der Waals surface area contributed by atoms with E-state index in [1.807, 2.05) is 0 Å². The van der Waals surface area contributed by atoms with Crippen molar-refractivity contribution in [1.82, 2.24) is 5.32 Å². The van der Waals surface area contributed by atoms with Gasteiger partial charge in [-0.2, -0.15) is 0 Å². The molecule has 0 saturated heterocycles. The van der Waals surface area contributed by atoms with Gasteiger partial charge in [0.2, 0.25) is 11.8 Å². The van der Waals surface area contributed by atoms with Crippen LogP contribution < -0.4 is 10.6 Å². The number of rotatable bonds is 4. The van der Waals surface area contributed by atoms with Crippen molar-refractivity contribution in [1.29, 1.82) is 0 Å². The van der Waals surface area contributed by atoms with Crippen molar-refractivity contribution in [3.05, 3.63) is 28.2 Å². The van der Waals surface area contributed by atoms with E-state index >= 15 is 0 Å². The lowest BCUT2D eigenvalue weighted by Crippen LogP contribution is -2.37. The van der Waals surface area contributed by atoms with E-state index in [4.69, 9.17) is 23.2 Å². The summed E-state index contributed by atoms with van der Waals surface area (Å²) in [6.45, 7) is -0.0574. The summed E-state index contributed by atoms with van der Waals surface area (Å²) in [4.78, 5) is 23.8. The van der Waals surface area contributed by atoms with Gasteiger partial charge in [0.1, 0.15) is 0 Å². The minimum atomic E-state index is -0.316. The number of benzene rings is 1. The lowest BCUT2D eigenvalue weighted by molar-refractivity contribution is -0.128. The molecule has 6 heteroatoms. The monoisotopic (exact) mass is 328 g/mol. The SMILES string of the molecule is O=C(CNC(=O)C1CCCCC1)Nc1cccc(Cl)c1Cl. The molecule has 1 aliphatic rings. The molecule has 1 saturated carbocycles. The first-order chi connectivity index (χ1) is 10.1. The Bertz CT molecular complexity index is 528. The molecule has 0 bridgehead atoms. The normalized spacial score (nSPS) is 15.5. The van der Waals surface area contributed by atoms with E-state index in [1.165, 1.54) is 6.42 Å². The third-order valence-electron chi connectivity index (χ3n) is 3.62. The summed E-state index contributed by atoms with van der Waals surface area (Å²) in [7, 11) is 0. The van der Waals surface area contributed by atoms with Crippen LogP contribution in [0.5, 0.6) is 0 Å². The highest BCUT2D eigenvalue weighted by Gasteiger charge is 2.21. The topological polar surface area (TPSA) is 58.2 Å². The van der Waals surface area contributed by atoms with Gasteiger partial charge in [-0.1, -0.05) is 48.5 Å². The smallest absolute Gasteiger partial charge is 0.243 e. The van der Waals surface area contributed by atoms with Crippen LogP contribution in [0.15, 0.2) is 18.2 Å². The summed E-state index contributed by atoms with van der Waals surface area (Å²) in [5.74, 6) is -0.313. The molecule has 114 valence electrons. The molecule has 0 unspecified atom stereocenters. The molecule has 0 radical (unpaired) electrons. The molecule has 1 aromatic rings. The second kappa shape index (κ2) is 7.66. The van der Waals surface area contributed by atoms with Crippen molar-refractivity contribution in [2.24, 2.45) is 5.92 Å². The molecule has 2 amide bonds. The fraction of sp³-hybridized carbons (Fsp3) is 0.467. The van der Waals surface area contributed by atoms with Crippen molar-refractivity contribution in [3.63, 3.8) is 0 Å². The van der Waals surface area contributed by atoms with Gasteiger partial charge in [0.25, 0.3) is 0 Å². The molecule has 2 rings (SSSR count). The molecule has 0 heterocycles. The summed E-state index contributed by atoms with van der Waals surface area (Å²) in [6, 6.07) is 5.00. The Morgan fingerprint density at radius 1 is 1.14 bits per heavy atom. The van der Waals surface area contributed by atoms with Gasteiger partial charge < -0.3 is 10.6 Å². The number of amides is 2. The van der Waals surface area contributed by atoms with Gasteiger partial charge in [-0.3, -0.25) is 9.59 Å². The number of anilines is 1. The molecule has 0 atom stereocenters. The maximum absolute atomic E-state index is 11.9. The zero-order chi connectivity index (χ0) is 15.2. The number of nitrogens with one attached hydrogen (secondary N) is 2. The molecule has 1 aliphatic carbocycles. The maximum atomic E-state index is 11.9. The standard InChI is InChI=1S/C15H18Cl2N2O2/c16-11-7-4-8-12(14(11)17)19-13(20)9-18-15(21)10-5-2-1-3-6-10/h4,7-8,10H,1-3,5-6,9H2,(H,18,21)(H,19,20). The van der Waals surface area contributed by atoms with Gasteiger partial charge in [0.15, 0.2) is 0 Å². The Hall–Kier alpha value is -1.26. The van der Waals surface area contributed by atoms with Gasteiger partial charge in [-0.05, 0) is 25.0 Å². The molecular formula is C15H18Cl2N2O2. The number of hydrogen-bond donors (Lipinski definition) is 2. The van der Waals surface area contributed by atoms with Crippen molar-refractivity contribution in [3.8, 4) is 0 Å². The van der Waals surface area contributed by atoms with E-state index in [2.05, 4.69) is 10.6 Å². The minimum Gasteiger partial charge on any atom is -0.347 e. The van der Waals surface area contributed by atoms with E-state index in [0.717, 1.165) is 25.7 Å². The molecule has 2 N–H and O–H groups in total. The summed E-state index contributed by atoms with van der Waals surface area (Å²) in [5.41, 5.74) is 0.445. The molecule has 1 fully saturated rings. The molecule has 0 aliphatic heterocycles. The van der Waals surface area contributed by atoms with E-state index in [9.17, 15) is 9.59 Å². The average molecular weight is 329 g/mol. The highest BCUT2D eigenvalue weighted by molar-refractivity contribution is 6.44. The summed E-state index contributed by atoms with van der Waals surface area (Å²) < 4.78 is 0. The zero-order valence-electron chi connectivity index (χ0n) is 11.6. The highest BCUT2D eigenvalue weighted by Crippen LogP contribution is 2.29. The summed E-state index contributed by atoms with van der Waals surface area (Å²) in [6.07, 6.45) is 5.18. The van der Waals surface area contributed by atoms with Crippen LogP contribution in [0.3, 0.4) is 0 Å². The van der Waals surface area contributed by atoms with E-state index < -0.39 is 0 Å². The van der Waals surface area contributed by atoms with Crippen molar-refractivity contribution >= 4 is 40.7 Å². The van der Waals surface area contributed by atoms with Gasteiger partial charge in [0, 0.05) is 5.92 Å². The second-order valence-corrected chi connectivity index (χ2v) is 5.99. The summed E-state index contributed by atoms with van der Waals surface area (Å²) >= 11 is 11.9. The van der Waals surface area contributed by atoms with Crippen LogP contribution in [0.4, 0.5) is 5.69 Å². The predicted octanol–water partition coefficient (Wildman–Crippen LogP) is 3.63. The highest BCUT2D eigenvalue weighted by atomic mass is 35.5. The maximum Gasteiger partial charge on any atom is 0.243 e. The first-order valence-electron chi connectivity index (χ1n) is 7.09. The molecule has 0 spiro atoms. The van der Waals surface area contributed by atoms with Gasteiger partial charge in [-0.15, -0.1) is 0 Å². The Kier molecular flexibility index (Phi) is 5.88. The fourth-order valence-electron chi connectivity index (χ4n) is 2.47.